The Morgan fingerprint density at radius 1 is 0.857 bits per heavy atom. The van der Waals surface area contributed by atoms with E-state index in [9.17, 15) is 4.79 Å². The van der Waals surface area contributed by atoms with Gasteiger partial charge in [-0.25, -0.2) is 0 Å². The molecule has 0 spiro atoms. The van der Waals surface area contributed by atoms with Crippen LogP contribution in [0.15, 0.2) is 66.7 Å². The van der Waals surface area contributed by atoms with Gasteiger partial charge in [-0.05, 0) is 53.6 Å². The summed E-state index contributed by atoms with van der Waals surface area (Å²) in [7, 11) is 3.28. The van der Waals surface area contributed by atoms with Crippen molar-refractivity contribution in [2.75, 3.05) is 19.1 Å². The summed E-state index contributed by atoms with van der Waals surface area (Å²) in [5.74, 6) is 2.19. The van der Waals surface area contributed by atoms with Gasteiger partial charge in [0.25, 0.3) is 5.91 Å². The number of ether oxygens (including phenoxy) is 3. The minimum Gasteiger partial charge on any atom is -0.497 e. The number of methoxy groups -OCH3 is 2. The molecule has 0 N–H and O–H groups in total. The highest BCUT2D eigenvalue weighted by Crippen LogP contribution is 2.50. The van der Waals surface area contributed by atoms with Crippen molar-refractivity contribution in [3.05, 3.63) is 72.3 Å². The third kappa shape index (κ3) is 2.36. The number of carbonyl (C=O) groups is 1. The van der Waals surface area contributed by atoms with Crippen molar-refractivity contribution in [3.8, 4) is 28.4 Å². The van der Waals surface area contributed by atoms with E-state index in [2.05, 4.69) is 0 Å². The van der Waals surface area contributed by atoms with Gasteiger partial charge in [0.1, 0.15) is 23.3 Å². The minimum absolute atomic E-state index is 0.0476. The molecule has 0 unspecified atom stereocenters. The Labute approximate surface area is 163 Å². The van der Waals surface area contributed by atoms with Crippen molar-refractivity contribution in [2.24, 2.45) is 0 Å². The van der Waals surface area contributed by atoms with Gasteiger partial charge in [0.15, 0.2) is 0 Å². The number of fused-ring (bicyclic) bond motifs is 5. The highest BCUT2D eigenvalue weighted by atomic mass is 16.5. The van der Waals surface area contributed by atoms with Gasteiger partial charge < -0.3 is 14.2 Å². The smallest absolute Gasteiger partial charge is 0.271 e. The van der Waals surface area contributed by atoms with Crippen LogP contribution in [0, 0.1) is 0 Å². The van der Waals surface area contributed by atoms with Crippen LogP contribution < -0.4 is 19.1 Å². The van der Waals surface area contributed by atoms with Crippen molar-refractivity contribution in [2.45, 2.75) is 12.1 Å². The Kier molecular flexibility index (Phi) is 3.76. The average Bonchev–Trinajstić information content (AvgIpc) is 2.87. The minimum atomic E-state index is -0.544. The number of hydrogen-bond acceptors (Lipinski definition) is 4. The fourth-order valence-electron chi connectivity index (χ4n) is 3.99. The van der Waals surface area contributed by atoms with Crippen molar-refractivity contribution in [3.63, 3.8) is 0 Å². The fourth-order valence-corrected chi connectivity index (χ4v) is 3.99. The predicted molar refractivity (Wildman–Crippen MR) is 106 cm³/mol. The zero-order valence-electron chi connectivity index (χ0n) is 15.6. The van der Waals surface area contributed by atoms with Crippen LogP contribution in [0.1, 0.15) is 11.6 Å². The molecule has 0 bridgehead atoms. The number of nitrogens with zero attached hydrogens (tertiary/aromatic N) is 1. The quantitative estimate of drug-likeness (QED) is 0.645. The molecule has 3 aromatic rings. The van der Waals surface area contributed by atoms with Crippen LogP contribution >= 0.6 is 0 Å². The summed E-state index contributed by atoms with van der Waals surface area (Å²) in [6.07, 6.45) is -0.544. The molecule has 28 heavy (non-hydrogen) atoms. The topological polar surface area (TPSA) is 48.0 Å². The highest BCUT2D eigenvalue weighted by Gasteiger charge is 2.53. The van der Waals surface area contributed by atoms with E-state index >= 15 is 0 Å². The summed E-state index contributed by atoms with van der Waals surface area (Å²) in [4.78, 5) is 14.8. The number of benzene rings is 3. The van der Waals surface area contributed by atoms with Gasteiger partial charge in [0.05, 0.1) is 14.2 Å². The predicted octanol–water partition coefficient (Wildman–Crippen LogP) is 4.22. The van der Waals surface area contributed by atoms with E-state index in [0.717, 1.165) is 33.9 Å². The van der Waals surface area contributed by atoms with E-state index in [0.29, 0.717) is 5.75 Å². The lowest BCUT2D eigenvalue weighted by molar-refractivity contribution is -0.134. The number of β-lactam (4-membered cyclic amide) rings is 1. The molecule has 5 nitrogen and oxygen atoms in total. The molecular formula is C23H19NO4. The molecule has 2 heterocycles. The maximum atomic E-state index is 13.0. The molecule has 5 heteroatoms. The van der Waals surface area contributed by atoms with Gasteiger partial charge in [-0.1, -0.05) is 24.3 Å². The number of hydrogen-bond donors (Lipinski definition) is 0. The third-order valence-corrected chi connectivity index (χ3v) is 5.41. The molecule has 0 radical (unpaired) electrons. The van der Waals surface area contributed by atoms with Crippen LogP contribution in [0.5, 0.6) is 17.2 Å². The lowest BCUT2D eigenvalue weighted by Crippen LogP contribution is -2.61. The van der Waals surface area contributed by atoms with Crippen molar-refractivity contribution < 1.29 is 19.0 Å². The van der Waals surface area contributed by atoms with Crippen LogP contribution in [0.3, 0.4) is 0 Å². The first-order valence-electron chi connectivity index (χ1n) is 9.12. The summed E-state index contributed by atoms with van der Waals surface area (Å²) in [6.45, 7) is 0. The summed E-state index contributed by atoms with van der Waals surface area (Å²) in [5, 5.41) is 0. The number of rotatable bonds is 3. The van der Waals surface area contributed by atoms with Gasteiger partial charge >= 0.3 is 0 Å². The molecule has 2 aliphatic heterocycles. The van der Waals surface area contributed by atoms with E-state index in [1.165, 1.54) is 0 Å². The standard InChI is InChI=1S/C23H19NO4/c1-26-15-9-7-14(8-10-15)24-21-18-12-11-16(27-2)13-19(18)17-5-3-4-6-20(17)28-22(21)23(24)25/h3-13,21-22H,1-2H3/t21-,22+/m1/s1. The Bertz CT molecular complexity index is 1060. The molecule has 3 aromatic carbocycles. The maximum Gasteiger partial charge on any atom is 0.271 e. The normalized spacial score (nSPS) is 19.4. The molecule has 2 aliphatic rings. The zero-order valence-corrected chi connectivity index (χ0v) is 15.6. The first-order valence-corrected chi connectivity index (χ1v) is 9.12. The summed E-state index contributed by atoms with van der Waals surface area (Å²) in [6, 6.07) is 21.1. The number of anilines is 1. The molecule has 5 rings (SSSR count). The first kappa shape index (κ1) is 16.7. The second-order valence-corrected chi connectivity index (χ2v) is 6.84. The number of amides is 1. The van der Waals surface area contributed by atoms with Gasteiger partial charge in [-0.2, -0.15) is 0 Å². The van der Waals surface area contributed by atoms with Gasteiger partial charge in [0, 0.05) is 11.3 Å². The molecular weight excluding hydrogens is 354 g/mol. The fraction of sp³-hybridized carbons (Fsp3) is 0.174. The molecule has 2 atom stereocenters. The Hall–Kier alpha value is -3.47. The van der Waals surface area contributed by atoms with E-state index in [-0.39, 0.29) is 11.9 Å². The van der Waals surface area contributed by atoms with Gasteiger partial charge in [0.2, 0.25) is 6.10 Å². The van der Waals surface area contributed by atoms with Crippen molar-refractivity contribution in [1.29, 1.82) is 0 Å². The second-order valence-electron chi connectivity index (χ2n) is 6.84. The van der Waals surface area contributed by atoms with E-state index in [1.807, 2.05) is 66.7 Å². The monoisotopic (exact) mass is 373 g/mol. The van der Waals surface area contributed by atoms with Crippen molar-refractivity contribution in [1.82, 2.24) is 0 Å². The largest absolute Gasteiger partial charge is 0.497 e. The van der Waals surface area contributed by atoms with Crippen LogP contribution in [-0.4, -0.2) is 26.2 Å². The highest BCUT2D eigenvalue weighted by molar-refractivity contribution is 6.06. The molecule has 0 saturated carbocycles. The Morgan fingerprint density at radius 3 is 2.32 bits per heavy atom. The Morgan fingerprint density at radius 2 is 1.57 bits per heavy atom. The van der Waals surface area contributed by atoms with E-state index < -0.39 is 6.10 Å². The molecule has 1 saturated heterocycles. The summed E-state index contributed by atoms with van der Waals surface area (Å²) >= 11 is 0. The van der Waals surface area contributed by atoms with Crippen LogP contribution in [0.25, 0.3) is 11.1 Å². The van der Waals surface area contributed by atoms with E-state index in [4.69, 9.17) is 14.2 Å². The first-order chi connectivity index (χ1) is 13.7. The van der Waals surface area contributed by atoms with Crippen LogP contribution in [0.4, 0.5) is 5.69 Å². The molecule has 1 amide bonds. The zero-order chi connectivity index (χ0) is 19.3. The van der Waals surface area contributed by atoms with E-state index in [1.54, 1.807) is 19.1 Å². The summed E-state index contributed by atoms with van der Waals surface area (Å²) in [5.41, 5.74) is 3.86. The van der Waals surface area contributed by atoms with Gasteiger partial charge in [-0.3, -0.25) is 9.69 Å². The second kappa shape index (κ2) is 6.30. The number of carbonyl (C=O) groups excluding carboxylic acids is 1. The third-order valence-electron chi connectivity index (χ3n) is 5.41. The maximum absolute atomic E-state index is 13.0. The molecule has 140 valence electrons. The summed E-state index contributed by atoms with van der Waals surface area (Å²) < 4.78 is 16.8. The molecule has 0 aromatic heterocycles. The van der Waals surface area contributed by atoms with Crippen LogP contribution in [-0.2, 0) is 4.79 Å². The molecule has 0 aliphatic carbocycles. The lowest BCUT2D eigenvalue weighted by atomic mass is 9.86. The molecule has 1 fully saturated rings. The SMILES string of the molecule is COc1ccc(N2C(=O)[C@H]3Oc4ccccc4-c4cc(OC)ccc4[C@H]32)cc1. The number of para-hydroxylation sites is 1. The van der Waals surface area contributed by atoms with Gasteiger partial charge in [-0.15, -0.1) is 0 Å². The Balaban J connectivity index is 1.65. The van der Waals surface area contributed by atoms with Crippen LogP contribution in [0.2, 0.25) is 0 Å². The average molecular weight is 373 g/mol. The van der Waals surface area contributed by atoms with Crippen molar-refractivity contribution >= 4 is 11.6 Å². The lowest BCUT2D eigenvalue weighted by Gasteiger charge is -2.46.